The first-order valence-electron chi connectivity index (χ1n) is 6.46. The summed E-state index contributed by atoms with van der Waals surface area (Å²) >= 11 is 6.11. The molecule has 100 valence electrons. The number of oxime groups is 1. The van der Waals surface area contributed by atoms with Crippen molar-refractivity contribution < 1.29 is 4.84 Å². The highest BCUT2D eigenvalue weighted by atomic mass is 35.5. The topological polar surface area (TPSA) is 34.0 Å². The van der Waals surface area contributed by atoms with Crippen LogP contribution in [0, 0.1) is 0 Å². The standard InChI is InChI=1S/C16H13ClN2O/c1-2-15-18-14-9-8-12(17)10-13(14)16(19-20-15)11-6-4-3-5-7-11/h3-10H,2H2,1H3. The fourth-order valence-electron chi connectivity index (χ4n) is 2.05. The Bertz CT molecular complexity index is 693. The average molecular weight is 285 g/mol. The molecule has 0 spiro atoms. The Hall–Kier alpha value is -2.13. The third-order valence-corrected chi connectivity index (χ3v) is 3.29. The Morgan fingerprint density at radius 1 is 1.10 bits per heavy atom. The molecule has 0 bridgehead atoms. The van der Waals surface area contributed by atoms with Crippen LogP contribution in [0.25, 0.3) is 0 Å². The van der Waals surface area contributed by atoms with Crippen LogP contribution in [0.5, 0.6) is 0 Å². The molecule has 4 heteroatoms. The van der Waals surface area contributed by atoms with Crippen molar-refractivity contribution in [1.82, 2.24) is 0 Å². The summed E-state index contributed by atoms with van der Waals surface area (Å²) < 4.78 is 0. The minimum Gasteiger partial charge on any atom is -0.341 e. The van der Waals surface area contributed by atoms with Crippen LogP contribution in [-0.4, -0.2) is 11.6 Å². The van der Waals surface area contributed by atoms with Crippen molar-refractivity contribution in [3.05, 3.63) is 64.7 Å². The number of halogens is 1. The minimum absolute atomic E-state index is 0.597. The summed E-state index contributed by atoms with van der Waals surface area (Å²) in [6.45, 7) is 1.98. The number of hydrogen-bond donors (Lipinski definition) is 0. The number of benzene rings is 2. The van der Waals surface area contributed by atoms with Gasteiger partial charge < -0.3 is 4.84 Å². The van der Waals surface area contributed by atoms with Crippen molar-refractivity contribution in [2.24, 2.45) is 10.1 Å². The Kier molecular flexibility index (Phi) is 3.52. The fourth-order valence-corrected chi connectivity index (χ4v) is 2.22. The van der Waals surface area contributed by atoms with Gasteiger partial charge in [0.05, 0.1) is 5.69 Å². The number of aliphatic imine (C=N–C) groups is 1. The second-order valence-corrected chi connectivity index (χ2v) is 4.85. The number of fused-ring (bicyclic) bond motifs is 1. The van der Waals surface area contributed by atoms with Gasteiger partial charge in [-0.15, -0.1) is 0 Å². The van der Waals surface area contributed by atoms with Gasteiger partial charge in [0, 0.05) is 22.6 Å². The third-order valence-electron chi connectivity index (χ3n) is 3.05. The highest BCUT2D eigenvalue weighted by Crippen LogP contribution is 2.28. The van der Waals surface area contributed by atoms with Gasteiger partial charge in [-0.25, -0.2) is 4.99 Å². The summed E-state index contributed by atoms with van der Waals surface area (Å²) in [7, 11) is 0. The maximum absolute atomic E-state index is 6.11. The molecule has 0 amide bonds. The lowest BCUT2D eigenvalue weighted by Gasteiger charge is -2.07. The summed E-state index contributed by atoms with van der Waals surface area (Å²) in [6.07, 6.45) is 0.688. The van der Waals surface area contributed by atoms with E-state index in [1.165, 1.54) is 0 Å². The maximum Gasteiger partial charge on any atom is 0.225 e. The maximum atomic E-state index is 6.11. The molecule has 2 aromatic carbocycles. The molecule has 0 aromatic heterocycles. The predicted molar refractivity (Wildman–Crippen MR) is 82.0 cm³/mol. The molecule has 2 aromatic rings. The van der Waals surface area contributed by atoms with Gasteiger partial charge >= 0.3 is 0 Å². The van der Waals surface area contributed by atoms with Crippen LogP contribution in [0.15, 0.2) is 58.7 Å². The summed E-state index contributed by atoms with van der Waals surface area (Å²) in [5.74, 6) is 0.597. The second-order valence-electron chi connectivity index (χ2n) is 4.42. The van der Waals surface area contributed by atoms with Gasteiger partial charge in [-0.05, 0) is 18.2 Å². The molecule has 1 aliphatic heterocycles. The van der Waals surface area contributed by atoms with Crippen LogP contribution >= 0.6 is 11.6 Å². The summed E-state index contributed by atoms with van der Waals surface area (Å²) in [5, 5.41) is 4.91. The number of nitrogens with zero attached hydrogens (tertiary/aromatic N) is 2. The van der Waals surface area contributed by atoms with Gasteiger partial charge in [0.2, 0.25) is 5.90 Å². The molecular formula is C16H13ClN2O. The smallest absolute Gasteiger partial charge is 0.225 e. The normalized spacial score (nSPS) is 13.7. The third kappa shape index (κ3) is 2.45. The SMILES string of the molecule is CCC1=Nc2ccc(Cl)cc2C(c2ccccc2)=NO1. The van der Waals surface area contributed by atoms with Crippen LogP contribution in [-0.2, 0) is 4.84 Å². The molecule has 0 aliphatic carbocycles. The quantitative estimate of drug-likeness (QED) is 0.796. The van der Waals surface area contributed by atoms with Crippen LogP contribution in [0.4, 0.5) is 5.69 Å². The molecule has 0 unspecified atom stereocenters. The van der Waals surface area contributed by atoms with Gasteiger partial charge in [-0.1, -0.05) is 54.0 Å². The van der Waals surface area contributed by atoms with E-state index in [1.54, 1.807) is 0 Å². The Morgan fingerprint density at radius 2 is 1.90 bits per heavy atom. The lowest BCUT2D eigenvalue weighted by atomic mass is 10.0. The summed E-state index contributed by atoms with van der Waals surface area (Å²) in [5.41, 5.74) is 3.43. The molecule has 0 saturated heterocycles. The molecule has 3 nitrogen and oxygen atoms in total. The van der Waals surface area contributed by atoms with Crippen molar-refractivity contribution in [3.8, 4) is 0 Å². The van der Waals surface area contributed by atoms with E-state index in [0.29, 0.717) is 17.3 Å². The van der Waals surface area contributed by atoms with Gasteiger partial charge in [0.15, 0.2) is 0 Å². The first kappa shape index (κ1) is 12.9. The molecule has 20 heavy (non-hydrogen) atoms. The van der Waals surface area contributed by atoms with E-state index < -0.39 is 0 Å². The number of hydrogen-bond acceptors (Lipinski definition) is 3. The van der Waals surface area contributed by atoms with Crippen molar-refractivity contribution >= 4 is 28.9 Å². The summed E-state index contributed by atoms with van der Waals surface area (Å²) in [6, 6.07) is 15.5. The predicted octanol–water partition coefficient (Wildman–Crippen LogP) is 4.56. The largest absolute Gasteiger partial charge is 0.341 e. The molecule has 0 radical (unpaired) electrons. The van der Waals surface area contributed by atoms with E-state index >= 15 is 0 Å². The molecule has 1 aliphatic rings. The van der Waals surface area contributed by atoms with E-state index in [9.17, 15) is 0 Å². The van der Waals surface area contributed by atoms with Gasteiger partial charge in [-0.3, -0.25) is 0 Å². The molecular weight excluding hydrogens is 272 g/mol. The molecule has 0 fully saturated rings. The molecule has 1 heterocycles. The van der Waals surface area contributed by atoms with Crippen molar-refractivity contribution in [2.45, 2.75) is 13.3 Å². The lowest BCUT2D eigenvalue weighted by molar-refractivity contribution is 0.321. The minimum atomic E-state index is 0.597. The van der Waals surface area contributed by atoms with Crippen LogP contribution in [0.3, 0.4) is 0 Å². The zero-order valence-electron chi connectivity index (χ0n) is 11.0. The van der Waals surface area contributed by atoms with Crippen LogP contribution in [0.2, 0.25) is 5.02 Å². The highest BCUT2D eigenvalue weighted by Gasteiger charge is 2.17. The van der Waals surface area contributed by atoms with E-state index in [4.69, 9.17) is 16.4 Å². The number of rotatable bonds is 2. The second kappa shape index (κ2) is 5.47. The first-order chi connectivity index (χ1) is 9.78. The van der Waals surface area contributed by atoms with Crippen molar-refractivity contribution in [1.29, 1.82) is 0 Å². The molecule has 0 saturated carbocycles. The van der Waals surface area contributed by atoms with Crippen LogP contribution < -0.4 is 0 Å². The fraction of sp³-hybridized carbons (Fsp3) is 0.125. The Balaban J connectivity index is 2.19. The monoisotopic (exact) mass is 284 g/mol. The molecule has 3 rings (SSSR count). The van der Waals surface area contributed by atoms with Crippen LogP contribution in [0.1, 0.15) is 24.5 Å². The van der Waals surface area contributed by atoms with E-state index in [1.807, 2.05) is 55.5 Å². The first-order valence-corrected chi connectivity index (χ1v) is 6.83. The molecule has 0 atom stereocenters. The van der Waals surface area contributed by atoms with E-state index in [0.717, 1.165) is 22.5 Å². The Morgan fingerprint density at radius 3 is 2.65 bits per heavy atom. The average Bonchev–Trinajstić information content (AvgIpc) is 2.67. The summed E-state index contributed by atoms with van der Waals surface area (Å²) in [4.78, 5) is 9.93. The van der Waals surface area contributed by atoms with E-state index in [-0.39, 0.29) is 0 Å². The van der Waals surface area contributed by atoms with Gasteiger partial charge in [-0.2, -0.15) is 0 Å². The Labute approximate surface area is 122 Å². The van der Waals surface area contributed by atoms with Crippen molar-refractivity contribution in [2.75, 3.05) is 0 Å². The zero-order chi connectivity index (χ0) is 13.9. The van der Waals surface area contributed by atoms with E-state index in [2.05, 4.69) is 10.1 Å². The van der Waals surface area contributed by atoms with Crippen molar-refractivity contribution in [3.63, 3.8) is 0 Å². The molecule has 0 N–H and O–H groups in total. The lowest BCUT2D eigenvalue weighted by Crippen LogP contribution is -2.04. The van der Waals surface area contributed by atoms with Gasteiger partial charge in [0.1, 0.15) is 5.71 Å². The highest BCUT2D eigenvalue weighted by molar-refractivity contribution is 6.31. The zero-order valence-corrected chi connectivity index (χ0v) is 11.8. The van der Waals surface area contributed by atoms with Gasteiger partial charge in [0.25, 0.3) is 0 Å².